The fraction of sp³-hybridized carbons (Fsp3) is 0.409. The lowest BCUT2D eigenvalue weighted by Crippen LogP contribution is -2.40. The van der Waals surface area contributed by atoms with Gasteiger partial charge in [0, 0.05) is 31.3 Å². The zero-order valence-corrected chi connectivity index (χ0v) is 16.9. The summed E-state index contributed by atoms with van der Waals surface area (Å²) >= 11 is 0. The molecule has 0 aromatic heterocycles. The van der Waals surface area contributed by atoms with E-state index in [-0.39, 0.29) is 0 Å². The first kappa shape index (κ1) is 19.2. The van der Waals surface area contributed by atoms with Gasteiger partial charge in [0.05, 0.1) is 43.4 Å². The van der Waals surface area contributed by atoms with Crippen molar-refractivity contribution in [3.63, 3.8) is 0 Å². The number of nitrogens with one attached hydrogen (secondary N) is 2. The quantitative estimate of drug-likeness (QED) is 0.560. The number of amidine groups is 1. The second-order valence-electron chi connectivity index (χ2n) is 7.57. The van der Waals surface area contributed by atoms with Crippen LogP contribution < -0.4 is 19.8 Å². The number of morpholine rings is 1. The van der Waals surface area contributed by atoms with Gasteiger partial charge in [-0.1, -0.05) is 6.07 Å². The van der Waals surface area contributed by atoms with E-state index in [1.807, 2.05) is 41.3 Å². The molecule has 2 aromatic carbocycles. The smallest absolute Gasteiger partial charge is 0.173 e. The highest BCUT2D eigenvalue weighted by Gasteiger charge is 2.27. The van der Waals surface area contributed by atoms with Crippen LogP contribution in [0.15, 0.2) is 36.4 Å². The molecule has 0 unspecified atom stereocenters. The monoisotopic (exact) mass is 410 g/mol. The van der Waals surface area contributed by atoms with Gasteiger partial charge in [0.1, 0.15) is 18.2 Å². The molecule has 3 aliphatic rings. The molecular formula is C22H26N4O4. The minimum Gasteiger partial charge on any atom is -0.493 e. The van der Waals surface area contributed by atoms with E-state index in [0.717, 1.165) is 67.5 Å². The third kappa shape index (κ3) is 3.81. The van der Waals surface area contributed by atoms with E-state index in [1.165, 1.54) is 0 Å². The molecule has 30 heavy (non-hydrogen) atoms. The van der Waals surface area contributed by atoms with Gasteiger partial charge in [0.2, 0.25) is 0 Å². The Balaban J connectivity index is 1.22. The van der Waals surface area contributed by atoms with Crippen molar-refractivity contribution in [2.75, 3.05) is 56.3 Å². The van der Waals surface area contributed by atoms with E-state index in [4.69, 9.17) is 24.7 Å². The summed E-state index contributed by atoms with van der Waals surface area (Å²) in [7, 11) is 0. The molecule has 0 bridgehead atoms. The van der Waals surface area contributed by atoms with Gasteiger partial charge in [-0.2, -0.15) is 4.89 Å². The maximum atomic E-state index is 8.73. The van der Waals surface area contributed by atoms with Crippen molar-refractivity contribution in [3.05, 3.63) is 47.5 Å². The summed E-state index contributed by atoms with van der Waals surface area (Å²) in [5.74, 6) is 1.99. The second kappa shape index (κ2) is 8.51. The molecule has 8 nitrogen and oxygen atoms in total. The van der Waals surface area contributed by atoms with Crippen LogP contribution in [-0.2, 0) is 16.2 Å². The molecule has 0 aliphatic carbocycles. The summed E-state index contributed by atoms with van der Waals surface area (Å²) in [6, 6.07) is 11.7. The first-order valence-corrected chi connectivity index (χ1v) is 10.4. The first-order chi connectivity index (χ1) is 14.8. The van der Waals surface area contributed by atoms with Crippen LogP contribution >= 0.6 is 0 Å². The number of nitrogens with zero attached hydrogens (tertiary/aromatic N) is 2. The Morgan fingerprint density at radius 1 is 1.13 bits per heavy atom. The molecule has 0 spiro atoms. The van der Waals surface area contributed by atoms with Gasteiger partial charge < -0.3 is 24.6 Å². The van der Waals surface area contributed by atoms with Gasteiger partial charge in [0.25, 0.3) is 0 Å². The Morgan fingerprint density at radius 2 is 2.03 bits per heavy atom. The topological polar surface area (TPSA) is 79.3 Å². The minimum absolute atomic E-state index is 0.388. The van der Waals surface area contributed by atoms with Crippen molar-refractivity contribution >= 4 is 17.2 Å². The standard InChI is InChI=1S/C22H26N4O4/c23-22-17-6-5-16(28-10-2-7-25-8-11-27-12-9-25)13-19(17)24-15-26(22)20-3-1-4-21-18(20)14-29-30-21/h1,3-6,13,23-24H,2,7-12,14-15H2. The number of rotatable bonds is 6. The van der Waals surface area contributed by atoms with Crippen LogP contribution in [0.25, 0.3) is 0 Å². The zero-order valence-electron chi connectivity index (χ0n) is 16.9. The Labute approximate surface area is 175 Å². The van der Waals surface area contributed by atoms with Crippen LogP contribution in [0.5, 0.6) is 11.5 Å². The molecular weight excluding hydrogens is 384 g/mol. The lowest BCUT2D eigenvalue weighted by Gasteiger charge is -2.33. The van der Waals surface area contributed by atoms with Gasteiger partial charge in [0.15, 0.2) is 5.75 Å². The molecule has 1 saturated heterocycles. The van der Waals surface area contributed by atoms with Crippen LogP contribution in [0.2, 0.25) is 0 Å². The SMILES string of the molecule is N=C1c2ccc(OCCCN3CCOCC3)cc2NCN1c1cccc2c1COO2. The summed E-state index contributed by atoms with van der Waals surface area (Å²) < 4.78 is 11.3. The van der Waals surface area contributed by atoms with Crippen molar-refractivity contribution in [3.8, 4) is 11.5 Å². The van der Waals surface area contributed by atoms with Crippen molar-refractivity contribution in [1.29, 1.82) is 5.41 Å². The molecule has 0 amide bonds. The lowest BCUT2D eigenvalue weighted by atomic mass is 10.1. The van der Waals surface area contributed by atoms with Crippen LogP contribution in [0.1, 0.15) is 17.5 Å². The zero-order chi connectivity index (χ0) is 20.3. The second-order valence-corrected chi connectivity index (χ2v) is 7.57. The van der Waals surface area contributed by atoms with Crippen LogP contribution in [0.3, 0.4) is 0 Å². The van der Waals surface area contributed by atoms with Crippen molar-refractivity contribution in [2.24, 2.45) is 0 Å². The molecule has 2 aromatic rings. The molecule has 3 heterocycles. The van der Waals surface area contributed by atoms with Crippen LogP contribution in [0.4, 0.5) is 11.4 Å². The minimum atomic E-state index is 0.388. The third-order valence-corrected chi connectivity index (χ3v) is 5.69. The van der Waals surface area contributed by atoms with Gasteiger partial charge in [-0.15, -0.1) is 0 Å². The van der Waals surface area contributed by atoms with Gasteiger partial charge >= 0.3 is 0 Å². The van der Waals surface area contributed by atoms with E-state index in [0.29, 0.717) is 31.5 Å². The normalized spacial score (nSPS) is 18.4. The fourth-order valence-electron chi connectivity index (χ4n) is 4.05. The highest BCUT2D eigenvalue weighted by atomic mass is 17.2. The molecule has 1 fully saturated rings. The highest BCUT2D eigenvalue weighted by molar-refractivity contribution is 6.13. The molecule has 158 valence electrons. The van der Waals surface area contributed by atoms with Crippen molar-refractivity contribution in [2.45, 2.75) is 13.0 Å². The van der Waals surface area contributed by atoms with E-state index in [1.54, 1.807) is 0 Å². The molecule has 8 heteroatoms. The van der Waals surface area contributed by atoms with E-state index >= 15 is 0 Å². The Morgan fingerprint density at radius 3 is 2.93 bits per heavy atom. The number of fused-ring (bicyclic) bond motifs is 2. The van der Waals surface area contributed by atoms with Crippen LogP contribution in [0, 0.1) is 5.41 Å². The predicted octanol–water partition coefficient (Wildman–Crippen LogP) is 2.83. The van der Waals surface area contributed by atoms with Crippen molar-refractivity contribution < 1.29 is 19.2 Å². The van der Waals surface area contributed by atoms with E-state index in [9.17, 15) is 0 Å². The van der Waals surface area contributed by atoms with E-state index < -0.39 is 0 Å². The van der Waals surface area contributed by atoms with Gasteiger partial charge in [-0.3, -0.25) is 10.3 Å². The Kier molecular flexibility index (Phi) is 5.44. The summed E-state index contributed by atoms with van der Waals surface area (Å²) in [5.41, 5.74) is 3.66. The molecule has 3 aliphatic heterocycles. The average Bonchev–Trinajstić information content (AvgIpc) is 3.27. The number of hydrogen-bond acceptors (Lipinski definition) is 7. The lowest BCUT2D eigenvalue weighted by molar-refractivity contribution is -0.194. The average molecular weight is 410 g/mol. The summed E-state index contributed by atoms with van der Waals surface area (Å²) in [6.07, 6.45) is 0.984. The number of ether oxygens (including phenoxy) is 2. The molecule has 2 N–H and O–H groups in total. The summed E-state index contributed by atoms with van der Waals surface area (Å²) in [6.45, 7) is 6.26. The third-order valence-electron chi connectivity index (χ3n) is 5.69. The van der Waals surface area contributed by atoms with Gasteiger partial charge in [-0.25, -0.2) is 0 Å². The number of benzene rings is 2. The van der Waals surface area contributed by atoms with Crippen LogP contribution in [-0.4, -0.2) is 56.9 Å². The fourth-order valence-corrected chi connectivity index (χ4v) is 4.05. The number of anilines is 2. The summed E-state index contributed by atoms with van der Waals surface area (Å²) in [4.78, 5) is 14.6. The maximum Gasteiger partial charge on any atom is 0.173 e. The molecule has 5 rings (SSSR count). The predicted molar refractivity (Wildman–Crippen MR) is 113 cm³/mol. The molecule has 0 saturated carbocycles. The molecule has 0 atom stereocenters. The Hall–Kier alpha value is -2.81. The Bertz CT molecular complexity index is 929. The van der Waals surface area contributed by atoms with Gasteiger partial charge in [-0.05, 0) is 30.7 Å². The maximum absolute atomic E-state index is 8.73. The molecule has 0 radical (unpaired) electrons. The highest BCUT2D eigenvalue weighted by Crippen LogP contribution is 2.37. The summed E-state index contributed by atoms with van der Waals surface area (Å²) in [5, 5.41) is 12.1. The largest absolute Gasteiger partial charge is 0.493 e. The number of hydrogen-bond donors (Lipinski definition) is 2. The first-order valence-electron chi connectivity index (χ1n) is 10.4. The van der Waals surface area contributed by atoms with E-state index in [2.05, 4.69) is 10.2 Å². The van der Waals surface area contributed by atoms with Crippen molar-refractivity contribution in [1.82, 2.24) is 4.90 Å².